The Bertz CT molecular complexity index is 758. The molecule has 0 radical (unpaired) electrons. The van der Waals surface area contributed by atoms with E-state index in [1.54, 1.807) is 7.11 Å². The summed E-state index contributed by atoms with van der Waals surface area (Å²) in [5.74, 6) is -0.0761. The largest absolute Gasteiger partial charge is 0.497 e. The van der Waals surface area contributed by atoms with Gasteiger partial charge in [0.25, 0.3) is 0 Å². The average Bonchev–Trinajstić information content (AvgIpc) is 3.26. The van der Waals surface area contributed by atoms with E-state index < -0.39 is 5.97 Å². The van der Waals surface area contributed by atoms with Gasteiger partial charge in [0.1, 0.15) is 18.0 Å². The minimum atomic E-state index is -0.991. The number of amides is 1. The molecule has 1 aliphatic rings. The highest BCUT2D eigenvalue weighted by Crippen LogP contribution is 2.48. The zero-order valence-electron chi connectivity index (χ0n) is 13.2. The topological polar surface area (TPSA) is 106 Å². The Hall–Kier alpha value is -2.90. The van der Waals surface area contributed by atoms with Crippen LogP contribution in [0.5, 0.6) is 5.75 Å². The maximum atomic E-state index is 12.2. The van der Waals surface area contributed by atoms with Gasteiger partial charge in [-0.25, -0.2) is 4.68 Å². The van der Waals surface area contributed by atoms with E-state index in [1.807, 2.05) is 24.3 Å². The van der Waals surface area contributed by atoms with E-state index in [2.05, 4.69) is 15.6 Å². The standard InChI is InChI=1S/C16H18N4O4/c1-24-12-4-2-3-10(5-12)13-6-14(13)16(23)17-7-11-8-20(19-18-11)9-15(21)22/h2-5,8,13-14H,6-7,9H2,1H3,(H,17,23)(H,21,22). The van der Waals surface area contributed by atoms with Crippen LogP contribution in [0.2, 0.25) is 0 Å². The lowest BCUT2D eigenvalue weighted by Crippen LogP contribution is -2.25. The predicted molar refractivity (Wildman–Crippen MR) is 83.3 cm³/mol. The van der Waals surface area contributed by atoms with Crippen LogP contribution in [0, 0.1) is 5.92 Å². The van der Waals surface area contributed by atoms with E-state index in [9.17, 15) is 9.59 Å². The zero-order chi connectivity index (χ0) is 17.1. The van der Waals surface area contributed by atoms with E-state index in [4.69, 9.17) is 9.84 Å². The minimum absolute atomic E-state index is 0.0318. The molecule has 2 aromatic rings. The molecule has 126 valence electrons. The number of carbonyl (C=O) groups is 2. The van der Waals surface area contributed by atoms with E-state index in [0.29, 0.717) is 5.69 Å². The first-order valence-corrected chi connectivity index (χ1v) is 7.59. The smallest absolute Gasteiger partial charge is 0.325 e. The van der Waals surface area contributed by atoms with Crippen molar-refractivity contribution in [1.29, 1.82) is 0 Å². The van der Waals surface area contributed by atoms with Crippen LogP contribution in [0.3, 0.4) is 0 Å². The summed E-state index contributed by atoms with van der Waals surface area (Å²) in [4.78, 5) is 22.8. The number of rotatable bonds is 7. The lowest BCUT2D eigenvalue weighted by molar-refractivity contribution is -0.138. The van der Waals surface area contributed by atoms with Gasteiger partial charge in [-0.05, 0) is 30.0 Å². The number of benzene rings is 1. The molecular weight excluding hydrogens is 312 g/mol. The number of carboxylic acid groups (broad SMARTS) is 1. The molecule has 1 aromatic heterocycles. The summed E-state index contributed by atoms with van der Waals surface area (Å²) < 4.78 is 6.43. The molecule has 0 bridgehead atoms. The number of nitrogens with zero attached hydrogens (tertiary/aromatic N) is 3. The van der Waals surface area contributed by atoms with Crippen molar-refractivity contribution >= 4 is 11.9 Å². The van der Waals surface area contributed by atoms with Crippen molar-refractivity contribution in [2.45, 2.75) is 25.4 Å². The number of nitrogens with one attached hydrogen (secondary N) is 1. The van der Waals surface area contributed by atoms with E-state index in [1.165, 1.54) is 10.9 Å². The molecule has 1 aromatic carbocycles. The van der Waals surface area contributed by atoms with E-state index >= 15 is 0 Å². The second-order valence-corrected chi connectivity index (χ2v) is 5.74. The van der Waals surface area contributed by atoms with Gasteiger partial charge in [-0.15, -0.1) is 5.10 Å². The Kier molecular flexibility index (Phi) is 4.45. The summed E-state index contributed by atoms with van der Waals surface area (Å²) in [5, 5.41) is 19.0. The highest BCUT2D eigenvalue weighted by atomic mass is 16.5. The van der Waals surface area contributed by atoms with Gasteiger partial charge in [0.2, 0.25) is 5.91 Å². The molecule has 3 rings (SSSR count). The molecule has 0 aliphatic heterocycles. The van der Waals surface area contributed by atoms with Crippen LogP contribution in [-0.2, 0) is 22.7 Å². The second kappa shape index (κ2) is 6.69. The number of hydrogen-bond acceptors (Lipinski definition) is 5. The monoisotopic (exact) mass is 330 g/mol. The molecule has 1 saturated carbocycles. The van der Waals surface area contributed by atoms with Gasteiger partial charge in [0.05, 0.1) is 19.9 Å². The summed E-state index contributed by atoms with van der Waals surface area (Å²) in [6.07, 6.45) is 2.32. The van der Waals surface area contributed by atoms with Gasteiger partial charge >= 0.3 is 5.97 Å². The van der Waals surface area contributed by atoms with Crippen LogP contribution in [0.4, 0.5) is 0 Å². The van der Waals surface area contributed by atoms with Crippen LogP contribution in [0.1, 0.15) is 23.6 Å². The molecule has 1 heterocycles. The Morgan fingerprint density at radius 2 is 2.29 bits per heavy atom. The first-order chi connectivity index (χ1) is 11.6. The SMILES string of the molecule is COc1cccc(C2CC2C(=O)NCc2cn(CC(=O)O)nn2)c1. The average molecular weight is 330 g/mol. The van der Waals surface area contributed by atoms with Crippen LogP contribution in [0.15, 0.2) is 30.5 Å². The van der Waals surface area contributed by atoms with Gasteiger partial charge in [-0.2, -0.15) is 0 Å². The fourth-order valence-electron chi connectivity index (χ4n) is 2.67. The second-order valence-electron chi connectivity index (χ2n) is 5.74. The molecule has 1 fully saturated rings. The normalized spacial score (nSPS) is 18.9. The minimum Gasteiger partial charge on any atom is -0.497 e. The maximum Gasteiger partial charge on any atom is 0.325 e. The Labute approximate surface area is 138 Å². The van der Waals surface area contributed by atoms with Crippen molar-refractivity contribution in [2.24, 2.45) is 5.92 Å². The molecule has 2 atom stereocenters. The number of ether oxygens (including phenoxy) is 1. The summed E-state index contributed by atoms with van der Waals surface area (Å²) in [6.45, 7) is -0.0126. The molecule has 8 nitrogen and oxygen atoms in total. The van der Waals surface area contributed by atoms with Crippen molar-refractivity contribution in [3.8, 4) is 5.75 Å². The highest BCUT2D eigenvalue weighted by molar-refractivity contribution is 5.82. The molecule has 0 spiro atoms. The van der Waals surface area contributed by atoms with E-state index in [0.717, 1.165) is 17.7 Å². The summed E-state index contributed by atoms with van der Waals surface area (Å²) in [5.41, 5.74) is 1.63. The molecule has 24 heavy (non-hydrogen) atoms. The van der Waals surface area contributed by atoms with Crippen molar-refractivity contribution in [2.75, 3.05) is 7.11 Å². The highest BCUT2D eigenvalue weighted by Gasteiger charge is 2.43. The summed E-state index contributed by atoms with van der Waals surface area (Å²) in [6, 6.07) is 7.75. The van der Waals surface area contributed by atoms with Crippen LogP contribution < -0.4 is 10.1 Å². The lowest BCUT2D eigenvalue weighted by atomic mass is 10.1. The van der Waals surface area contributed by atoms with Crippen molar-refractivity contribution in [3.05, 3.63) is 41.7 Å². The van der Waals surface area contributed by atoms with Gasteiger partial charge < -0.3 is 15.2 Å². The molecule has 2 unspecified atom stereocenters. The van der Waals surface area contributed by atoms with E-state index in [-0.39, 0.29) is 30.8 Å². The first kappa shape index (κ1) is 16.0. The van der Waals surface area contributed by atoms with Crippen molar-refractivity contribution in [1.82, 2.24) is 20.3 Å². The third-order valence-electron chi connectivity index (χ3n) is 3.98. The predicted octanol–water partition coefficient (Wildman–Crippen LogP) is 0.791. The molecule has 1 aliphatic carbocycles. The maximum absolute atomic E-state index is 12.2. The van der Waals surface area contributed by atoms with Gasteiger partial charge in [0, 0.05) is 5.92 Å². The number of carboxylic acids is 1. The van der Waals surface area contributed by atoms with Gasteiger partial charge in [-0.3, -0.25) is 9.59 Å². The fraction of sp³-hybridized carbons (Fsp3) is 0.375. The summed E-state index contributed by atoms with van der Waals surface area (Å²) in [7, 11) is 1.62. The third-order valence-corrected chi connectivity index (χ3v) is 3.98. The third kappa shape index (κ3) is 3.70. The van der Waals surface area contributed by atoms with Crippen LogP contribution in [-0.4, -0.2) is 39.1 Å². The Morgan fingerprint density at radius 3 is 3.04 bits per heavy atom. The molecule has 8 heteroatoms. The number of carbonyl (C=O) groups excluding carboxylic acids is 1. The van der Waals surface area contributed by atoms with Gasteiger partial charge in [-0.1, -0.05) is 17.3 Å². The zero-order valence-corrected chi connectivity index (χ0v) is 13.2. The number of aromatic nitrogens is 3. The molecule has 2 N–H and O–H groups in total. The van der Waals surface area contributed by atoms with Gasteiger partial charge in [0.15, 0.2) is 0 Å². The number of aliphatic carboxylic acids is 1. The number of methoxy groups -OCH3 is 1. The molecule has 0 saturated heterocycles. The number of hydrogen-bond donors (Lipinski definition) is 2. The lowest BCUT2D eigenvalue weighted by Gasteiger charge is -2.05. The Morgan fingerprint density at radius 1 is 1.46 bits per heavy atom. The van der Waals surface area contributed by atoms with Crippen LogP contribution >= 0.6 is 0 Å². The van der Waals surface area contributed by atoms with Crippen LogP contribution in [0.25, 0.3) is 0 Å². The fourth-order valence-corrected chi connectivity index (χ4v) is 2.67. The molecular formula is C16H18N4O4. The summed E-state index contributed by atoms with van der Waals surface area (Å²) >= 11 is 0. The first-order valence-electron chi connectivity index (χ1n) is 7.59. The van der Waals surface area contributed by atoms with Crippen molar-refractivity contribution in [3.63, 3.8) is 0 Å². The molecule has 1 amide bonds. The Balaban J connectivity index is 1.51. The quantitative estimate of drug-likeness (QED) is 0.777. The van der Waals surface area contributed by atoms with Crippen molar-refractivity contribution < 1.29 is 19.4 Å².